The highest BCUT2D eigenvalue weighted by atomic mass is 32.2. The summed E-state index contributed by atoms with van der Waals surface area (Å²) in [6.07, 6.45) is 0. The molecule has 106 valence electrons. The summed E-state index contributed by atoms with van der Waals surface area (Å²) in [5.41, 5.74) is 0.589. The van der Waals surface area contributed by atoms with Crippen molar-refractivity contribution in [1.82, 2.24) is 5.32 Å². The molecule has 2 aromatic rings. The molecule has 0 bridgehead atoms. The molecule has 0 spiro atoms. The van der Waals surface area contributed by atoms with E-state index in [0.29, 0.717) is 16.5 Å². The van der Waals surface area contributed by atoms with E-state index in [9.17, 15) is 4.79 Å². The monoisotopic (exact) mass is 298 g/mol. The summed E-state index contributed by atoms with van der Waals surface area (Å²) in [5.74, 6) is 2.26. The lowest BCUT2D eigenvalue weighted by Crippen LogP contribution is -2.27. The first-order valence-corrected chi connectivity index (χ1v) is 7.61. The van der Waals surface area contributed by atoms with Gasteiger partial charge in [0.2, 0.25) is 0 Å². The molecule has 1 amide bonds. The average Bonchev–Trinajstić information content (AvgIpc) is 3.02. The van der Waals surface area contributed by atoms with E-state index in [1.165, 1.54) is 0 Å². The summed E-state index contributed by atoms with van der Waals surface area (Å²) in [4.78, 5) is 16.2. The number of rotatable bonds is 3. The number of thioether (sulfide) groups is 1. The Balaban J connectivity index is 1.64. The quantitative estimate of drug-likeness (QED) is 0.945. The fraction of sp³-hybridized carbons (Fsp3) is 0.125. The highest BCUT2D eigenvalue weighted by Crippen LogP contribution is 2.21. The Hall–Kier alpha value is -2.27. The number of carbonyl (C=O) groups excluding carboxylic acids is 1. The van der Waals surface area contributed by atoms with Crippen molar-refractivity contribution >= 4 is 22.8 Å². The maximum absolute atomic E-state index is 12.0. The van der Waals surface area contributed by atoms with E-state index in [1.54, 1.807) is 36.0 Å². The third kappa shape index (κ3) is 3.64. The minimum absolute atomic E-state index is 0.144. The van der Waals surface area contributed by atoms with Crippen LogP contribution in [0.25, 0.3) is 0 Å². The van der Waals surface area contributed by atoms with Crippen LogP contribution in [0.3, 0.4) is 0 Å². The van der Waals surface area contributed by atoms with E-state index in [4.69, 9.17) is 4.74 Å². The van der Waals surface area contributed by atoms with Gasteiger partial charge in [-0.25, -0.2) is 0 Å². The van der Waals surface area contributed by atoms with Crippen LogP contribution in [0, 0.1) is 0 Å². The Kier molecular flexibility index (Phi) is 4.21. The third-order valence-electron chi connectivity index (χ3n) is 2.90. The Bertz CT molecular complexity index is 654. The lowest BCUT2D eigenvalue weighted by atomic mass is 10.2. The summed E-state index contributed by atoms with van der Waals surface area (Å²) in [6.45, 7) is 0.768. The van der Waals surface area contributed by atoms with Crippen molar-refractivity contribution in [3.8, 4) is 11.5 Å². The minimum atomic E-state index is -0.144. The van der Waals surface area contributed by atoms with Crippen molar-refractivity contribution in [1.29, 1.82) is 0 Å². The molecule has 3 rings (SSSR count). The predicted molar refractivity (Wildman–Crippen MR) is 85.2 cm³/mol. The number of benzene rings is 2. The van der Waals surface area contributed by atoms with Gasteiger partial charge in [-0.15, -0.1) is 0 Å². The molecule has 5 heteroatoms. The van der Waals surface area contributed by atoms with Gasteiger partial charge in [0.1, 0.15) is 11.5 Å². The number of amides is 1. The van der Waals surface area contributed by atoms with Gasteiger partial charge in [-0.1, -0.05) is 30.0 Å². The molecule has 0 aliphatic carbocycles. The number of amidine groups is 1. The zero-order valence-electron chi connectivity index (χ0n) is 11.3. The first-order valence-electron chi connectivity index (χ1n) is 6.63. The SMILES string of the molecule is O=C(NC1=NCCS1)c1ccc(Oc2ccccc2)cc1. The van der Waals surface area contributed by atoms with Gasteiger partial charge < -0.3 is 10.1 Å². The smallest absolute Gasteiger partial charge is 0.257 e. The van der Waals surface area contributed by atoms with Crippen molar-refractivity contribution in [2.45, 2.75) is 0 Å². The van der Waals surface area contributed by atoms with E-state index in [0.717, 1.165) is 18.0 Å². The lowest BCUT2D eigenvalue weighted by Gasteiger charge is -2.07. The lowest BCUT2D eigenvalue weighted by molar-refractivity contribution is 0.0978. The summed E-state index contributed by atoms with van der Waals surface area (Å²) >= 11 is 1.56. The van der Waals surface area contributed by atoms with Crippen LogP contribution in [0.1, 0.15) is 10.4 Å². The number of hydrogen-bond acceptors (Lipinski definition) is 4. The number of aliphatic imine (C=N–C) groups is 1. The van der Waals surface area contributed by atoms with E-state index < -0.39 is 0 Å². The van der Waals surface area contributed by atoms with Crippen molar-refractivity contribution < 1.29 is 9.53 Å². The Morgan fingerprint density at radius 2 is 1.76 bits per heavy atom. The molecule has 0 atom stereocenters. The number of carbonyl (C=O) groups is 1. The molecule has 0 saturated carbocycles. The zero-order chi connectivity index (χ0) is 14.5. The predicted octanol–water partition coefficient (Wildman–Crippen LogP) is 3.31. The van der Waals surface area contributed by atoms with Crippen LogP contribution in [0.2, 0.25) is 0 Å². The standard InChI is InChI=1S/C16H14N2O2S/c19-15(18-16-17-10-11-21-16)12-6-8-14(9-7-12)20-13-4-2-1-3-5-13/h1-9H,10-11H2,(H,17,18,19). The molecule has 2 aromatic carbocycles. The van der Waals surface area contributed by atoms with Gasteiger partial charge in [-0.2, -0.15) is 0 Å². The minimum Gasteiger partial charge on any atom is -0.457 e. The number of nitrogens with zero attached hydrogens (tertiary/aromatic N) is 1. The molecular formula is C16H14N2O2S. The van der Waals surface area contributed by atoms with Crippen LogP contribution >= 0.6 is 11.8 Å². The molecule has 0 saturated heterocycles. The van der Waals surface area contributed by atoms with Crippen LogP contribution in [-0.2, 0) is 0 Å². The molecule has 1 N–H and O–H groups in total. The van der Waals surface area contributed by atoms with Crippen LogP contribution in [-0.4, -0.2) is 23.4 Å². The van der Waals surface area contributed by atoms with Gasteiger partial charge in [0, 0.05) is 11.3 Å². The van der Waals surface area contributed by atoms with Crippen molar-refractivity contribution in [3.05, 3.63) is 60.2 Å². The maximum Gasteiger partial charge on any atom is 0.257 e. The highest BCUT2D eigenvalue weighted by molar-refractivity contribution is 8.14. The average molecular weight is 298 g/mol. The largest absolute Gasteiger partial charge is 0.457 e. The topological polar surface area (TPSA) is 50.7 Å². The molecule has 21 heavy (non-hydrogen) atoms. The van der Waals surface area contributed by atoms with Gasteiger partial charge in [-0.3, -0.25) is 9.79 Å². The normalized spacial score (nSPS) is 13.6. The van der Waals surface area contributed by atoms with E-state index >= 15 is 0 Å². The van der Waals surface area contributed by atoms with Crippen molar-refractivity contribution in [2.24, 2.45) is 4.99 Å². The van der Waals surface area contributed by atoms with Crippen molar-refractivity contribution in [3.63, 3.8) is 0 Å². The van der Waals surface area contributed by atoms with E-state index in [1.807, 2.05) is 30.3 Å². The van der Waals surface area contributed by atoms with Crippen LogP contribution in [0.15, 0.2) is 59.6 Å². The summed E-state index contributed by atoms with van der Waals surface area (Å²) in [6, 6.07) is 16.6. The zero-order valence-corrected chi connectivity index (χ0v) is 12.1. The molecular weight excluding hydrogens is 284 g/mol. The molecule has 1 aliphatic rings. The highest BCUT2D eigenvalue weighted by Gasteiger charge is 2.12. The van der Waals surface area contributed by atoms with Gasteiger partial charge >= 0.3 is 0 Å². The molecule has 0 radical (unpaired) electrons. The van der Waals surface area contributed by atoms with Crippen LogP contribution in [0.4, 0.5) is 0 Å². The Labute approximate surface area is 127 Å². The second-order valence-electron chi connectivity index (χ2n) is 4.43. The fourth-order valence-electron chi connectivity index (χ4n) is 1.88. The molecule has 0 fully saturated rings. The first-order chi connectivity index (χ1) is 10.3. The second kappa shape index (κ2) is 6.45. The molecule has 0 aromatic heterocycles. The Morgan fingerprint density at radius 1 is 1.05 bits per heavy atom. The second-order valence-corrected chi connectivity index (χ2v) is 5.51. The summed E-state index contributed by atoms with van der Waals surface area (Å²) in [7, 11) is 0. The number of para-hydroxylation sites is 1. The number of ether oxygens (including phenoxy) is 1. The van der Waals surface area contributed by atoms with Gasteiger partial charge in [0.15, 0.2) is 5.17 Å². The molecule has 1 aliphatic heterocycles. The van der Waals surface area contributed by atoms with Crippen molar-refractivity contribution in [2.75, 3.05) is 12.3 Å². The van der Waals surface area contributed by atoms with Gasteiger partial charge in [-0.05, 0) is 36.4 Å². The molecule has 4 nitrogen and oxygen atoms in total. The molecule has 0 unspecified atom stereocenters. The van der Waals surface area contributed by atoms with E-state index in [2.05, 4.69) is 10.3 Å². The number of nitrogens with one attached hydrogen (secondary N) is 1. The first kappa shape index (κ1) is 13.7. The fourth-order valence-corrected chi connectivity index (χ4v) is 2.60. The van der Waals surface area contributed by atoms with E-state index in [-0.39, 0.29) is 5.91 Å². The van der Waals surface area contributed by atoms with Gasteiger partial charge in [0.05, 0.1) is 6.54 Å². The maximum atomic E-state index is 12.0. The Morgan fingerprint density at radius 3 is 2.43 bits per heavy atom. The number of hydrogen-bond donors (Lipinski definition) is 1. The summed E-state index contributed by atoms with van der Waals surface area (Å²) < 4.78 is 5.69. The van der Waals surface area contributed by atoms with Crippen LogP contribution < -0.4 is 10.1 Å². The third-order valence-corrected chi connectivity index (χ3v) is 3.79. The molecule has 1 heterocycles. The summed E-state index contributed by atoms with van der Waals surface area (Å²) in [5, 5.41) is 3.50. The van der Waals surface area contributed by atoms with Crippen LogP contribution in [0.5, 0.6) is 11.5 Å². The van der Waals surface area contributed by atoms with Gasteiger partial charge in [0.25, 0.3) is 5.91 Å².